The Kier molecular flexibility index (Phi) is 6.36. The number of rotatable bonds is 4. The Balaban J connectivity index is 1.82. The lowest BCUT2D eigenvalue weighted by Crippen LogP contribution is -2.43. The molecule has 184 valence electrons. The van der Waals surface area contributed by atoms with E-state index in [1.54, 1.807) is 54.3 Å². The van der Waals surface area contributed by atoms with Gasteiger partial charge in [0.1, 0.15) is 4.53 Å². The first-order valence-corrected chi connectivity index (χ1v) is 13.0. The molecule has 0 fully saturated rings. The molecule has 7 nitrogen and oxygen atoms in total. The molecule has 3 heterocycles. The number of hydrogen-bond donors (Lipinski definition) is 1. The zero-order valence-corrected chi connectivity index (χ0v) is 22.1. The zero-order valence-electron chi connectivity index (χ0n) is 19.8. The molecule has 0 radical (unpaired) electrons. The fourth-order valence-corrected chi connectivity index (χ4v) is 6.09. The number of nitrogens with one attached hydrogen (secondary N) is 1. The van der Waals surface area contributed by atoms with Crippen molar-refractivity contribution in [1.82, 2.24) is 9.47 Å². The quantitative estimate of drug-likeness (QED) is 0.547. The normalized spacial score (nSPS) is 17.9. The van der Waals surface area contributed by atoms with Gasteiger partial charge in [0.25, 0.3) is 17.4 Å². The number of carbonyl (C=O) groups is 2. The number of fused-ring (bicyclic) bond motifs is 2. The van der Waals surface area contributed by atoms with E-state index < -0.39 is 11.6 Å². The van der Waals surface area contributed by atoms with Gasteiger partial charge >= 0.3 is 0 Å². The van der Waals surface area contributed by atoms with Crippen molar-refractivity contribution in [2.45, 2.75) is 26.8 Å². The van der Waals surface area contributed by atoms with Crippen LogP contribution in [-0.2, 0) is 9.59 Å². The molecule has 3 aromatic rings. The molecular formula is C26H22Cl2N4O3S. The molecule has 0 spiro atoms. The van der Waals surface area contributed by atoms with Crippen LogP contribution in [0.3, 0.4) is 0 Å². The molecule has 0 aliphatic carbocycles. The lowest BCUT2D eigenvalue weighted by molar-refractivity contribution is -0.127. The Labute approximate surface area is 221 Å². The number of allylic oxidation sites excluding steroid dienone is 1. The number of anilines is 1. The summed E-state index contributed by atoms with van der Waals surface area (Å²) in [5.74, 6) is -0.564. The largest absolute Gasteiger partial charge is 0.339 e. The van der Waals surface area contributed by atoms with E-state index in [0.717, 1.165) is 16.9 Å². The van der Waals surface area contributed by atoms with E-state index in [1.165, 1.54) is 4.57 Å². The number of halogens is 2. The van der Waals surface area contributed by atoms with Crippen LogP contribution in [-0.4, -0.2) is 34.4 Å². The van der Waals surface area contributed by atoms with E-state index >= 15 is 0 Å². The Morgan fingerprint density at radius 2 is 1.75 bits per heavy atom. The lowest BCUT2D eigenvalue weighted by Gasteiger charge is -2.29. The molecule has 0 saturated heterocycles. The highest BCUT2D eigenvalue weighted by atomic mass is 35.5. The fourth-order valence-electron chi connectivity index (χ4n) is 4.65. The summed E-state index contributed by atoms with van der Waals surface area (Å²) in [6, 6.07) is 11.4. The van der Waals surface area contributed by atoms with Crippen molar-refractivity contribution in [3.05, 3.63) is 94.6 Å². The van der Waals surface area contributed by atoms with Crippen LogP contribution in [0.15, 0.2) is 63.5 Å². The lowest BCUT2D eigenvalue weighted by atomic mass is 9.94. The predicted octanol–water partition coefficient (Wildman–Crippen LogP) is 3.73. The van der Waals surface area contributed by atoms with Gasteiger partial charge in [-0.3, -0.25) is 19.0 Å². The number of likely N-dealkylation sites (N-methyl/N-ethyl adjacent to an activating group) is 1. The molecule has 2 aromatic carbocycles. The molecule has 2 aliphatic heterocycles. The Morgan fingerprint density at radius 1 is 1.08 bits per heavy atom. The van der Waals surface area contributed by atoms with Gasteiger partial charge in [-0.1, -0.05) is 46.7 Å². The van der Waals surface area contributed by atoms with Crippen molar-refractivity contribution in [2.24, 2.45) is 4.99 Å². The topological polar surface area (TPSA) is 83.8 Å². The average Bonchev–Trinajstić information content (AvgIpc) is 3.34. The first-order valence-electron chi connectivity index (χ1n) is 11.5. The van der Waals surface area contributed by atoms with E-state index in [0.29, 0.717) is 50.5 Å². The van der Waals surface area contributed by atoms with Gasteiger partial charge in [0, 0.05) is 34.4 Å². The van der Waals surface area contributed by atoms with Crippen LogP contribution >= 0.6 is 34.5 Å². The Morgan fingerprint density at radius 3 is 2.42 bits per heavy atom. The average molecular weight is 541 g/mol. The second-order valence-corrected chi connectivity index (χ2v) is 10.3. The maximum atomic E-state index is 14.0. The molecule has 1 N–H and O–H groups in total. The third kappa shape index (κ3) is 3.89. The minimum atomic E-state index is -0.718. The van der Waals surface area contributed by atoms with Crippen LogP contribution in [0.25, 0.3) is 5.57 Å². The smallest absolute Gasteiger partial charge is 0.271 e. The molecule has 5 rings (SSSR count). The highest BCUT2D eigenvalue weighted by molar-refractivity contribution is 7.07. The zero-order chi connectivity index (χ0) is 25.7. The summed E-state index contributed by atoms with van der Waals surface area (Å²) in [4.78, 5) is 47.4. The highest BCUT2D eigenvalue weighted by Crippen LogP contribution is 2.34. The van der Waals surface area contributed by atoms with Gasteiger partial charge in [-0.2, -0.15) is 0 Å². The Hall–Kier alpha value is -3.20. The first kappa shape index (κ1) is 24.5. The minimum Gasteiger partial charge on any atom is -0.339 e. The number of carbonyl (C=O) groups excluding carboxylic acids is 2. The summed E-state index contributed by atoms with van der Waals surface area (Å²) in [7, 11) is 0. The summed E-state index contributed by atoms with van der Waals surface area (Å²) in [5, 5.41) is 3.80. The van der Waals surface area contributed by atoms with Gasteiger partial charge < -0.3 is 10.2 Å². The van der Waals surface area contributed by atoms with Crippen LogP contribution in [0, 0.1) is 0 Å². The fraction of sp³-hybridized carbons (Fsp3) is 0.231. The van der Waals surface area contributed by atoms with Crippen molar-refractivity contribution in [1.29, 1.82) is 0 Å². The standard InChI is InChI=1S/C26H22Cl2N4O3S/c1-4-31(5-2)24(34)19-13(3)29-26-32(21(19)14-6-8-15(27)9-7-14)25(35)22(36-26)20-17-12-16(28)10-11-18(17)30-23(20)33/h6-12,21H,4-5H2,1-3H3,(H,30,33)/b22-20+/t21-/m0/s1. The molecule has 0 unspecified atom stereocenters. The molecule has 36 heavy (non-hydrogen) atoms. The molecule has 10 heteroatoms. The van der Waals surface area contributed by atoms with E-state index in [2.05, 4.69) is 10.3 Å². The number of amides is 2. The third-order valence-corrected chi connectivity index (χ3v) is 7.96. The van der Waals surface area contributed by atoms with E-state index in [1.807, 2.05) is 13.8 Å². The second kappa shape index (κ2) is 9.35. The summed E-state index contributed by atoms with van der Waals surface area (Å²) >= 11 is 13.5. The molecule has 1 atom stereocenters. The molecule has 1 aromatic heterocycles. The minimum absolute atomic E-state index is 0.185. The molecule has 2 amide bonds. The Bertz CT molecular complexity index is 1630. The summed E-state index contributed by atoms with van der Waals surface area (Å²) in [6.07, 6.45) is 0. The van der Waals surface area contributed by atoms with Crippen molar-refractivity contribution in [3.63, 3.8) is 0 Å². The maximum Gasteiger partial charge on any atom is 0.271 e. The van der Waals surface area contributed by atoms with Crippen molar-refractivity contribution < 1.29 is 9.59 Å². The SMILES string of the molecule is CCN(CC)C(=O)C1=C(C)N=c2s/c(=C3/C(=O)Nc4ccc(Cl)cc43)c(=O)n2[C@H]1c1ccc(Cl)cc1. The van der Waals surface area contributed by atoms with E-state index in [9.17, 15) is 14.4 Å². The van der Waals surface area contributed by atoms with Crippen LogP contribution in [0.4, 0.5) is 5.69 Å². The van der Waals surface area contributed by atoms with Gasteiger partial charge in [0.2, 0.25) is 0 Å². The number of aromatic nitrogens is 1. The third-order valence-electron chi connectivity index (χ3n) is 6.42. The van der Waals surface area contributed by atoms with Crippen LogP contribution < -0.4 is 20.2 Å². The molecule has 0 bridgehead atoms. The van der Waals surface area contributed by atoms with Gasteiger partial charge in [-0.25, -0.2) is 4.99 Å². The van der Waals surface area contributed by atoms with Gasteiger partial charge in [0.05, 0.1) is 22.9 Å². The van der Waals surface area contributed by atoms with Gasteiger partial charge in [-0.15, -0.1) is 0 Å². The number of hydrogen-bond acceptors (Lipinski definition) is 5. The summed E-state index contributed by atoms with van der Waals surface area (Å²) < 4.78 is 1.76. The maximum absolute atomic E-state index is 14.0. The van der Waals surface area contributed by atoms with Crippen LogP contribution in [0.5, 0.6) is 0 Å². The summed E-state index contributed by atoms with van der Waals surface area (Å²) in [6.45, 7) is 6.63. The molecular weight excluding hydrogens is 519 g/mol. The number of thiazole rings is 1. The molecule has 0 saturated carbocycles. The monoisotopic (exact) mass is 540 g/mol. The van der Waals surface area contributed by atoms with Crippen molar-refractivity contribution in [3.8, 4) is 0 Å². The summed E-state index contributed by atoms with van der Waals surface area (Å²) in [5.41, 5.74) is 2.69. The van der Waals surface area contributed by atoms with Crippen molar-refractivity contribution >= 4 is 57.6 Å². The number of nitrogens with zero attached hydrogens (tertiary/aromatic N) is 3. The molecule has 2 aliphatic rings. The van der Waals surface area contributed by atoms with E-state index in [-0.39, 0.29) is 21.9 Å². The van der Waals surface area contributed by atoms with Crippen LogP contribution in [0.1, 0.15) is 37.9 Å². The predicted molar refractivity (Wildman–Crippen MR) is 142 cm³/mol. The number of benzene rings is 2. The first-order chi connectivity index (χ1) is 17.2. The highest BCUT2D eigenvalue weighted by Gasteiger charge is 2.35. The van der Waals surface area contributed by atoms with Crippen molar-refractivity contribution in [2.75, 3.05) is 18.4 Å². The van der Waals surface area contributed by atoms with Crippen LogP contribution in [0.2, 0.25) is 10.0 Å². The van der Waals surface area contributed by atoms with Gasteiger partial charge in [0.15, 0.2) is 4.80 Å². The van der Waals surface area contributed by atoms with Gasteiger partial charge in [-0.05, 0) is 56.7 Å². The van der Waals surface area contributed by atoms with E-state index in [4.69, 9.17) is 23.2 Å². The second-order valence-electron chi connectivity index (χ2n) is 8.45.